The number of furan rings is 1. The number of hydrogen-bond donors (Lipinski definition) is 0. The molecule has 1 aliphatic rings. The van der Waals surface area contributed by atoms with Crippen LogP contribution in [0.15, 0.2) is 162 Å². The average Bonchev–Trinajstić information content (AvgIpc) is 3.55. The van der Waals surface area contributed by atoms with Gasteiger partial charge in [0.2, 0.25) is 0 Å². The second kappa shape index (κ2) is 12.2. The zero-order valence-electron chi connectivity index (χ0n) is 27.0. The maximum absolute atomic E-state index is 6.46. The van der Waals surface area contributed by atoms with Crippen LogP contribution in [0, 0.1) is 0 Å². The van der Waals surface area contributed by atoms with E-state index in [-0.39, 0.29) is 0 Å². The number of fused-ring (bicyclic) bond motifs is 4. The third-order valence-corrected chi connectivity index (χ3v) is 10.3. The van der Waals surface area contributed by atoms with Crippen molar-refractivity contribution < 1.29 is 4.42 Å². The highest BCUT2D eigenvalue weighted by Crippen LogP contribution is 2.50. The maximum Gasteiger partial charge on any atom is 0.137 e. The lowest BCUT2D eigenvalue weighted by Gasteiger charge is -2.31. The minimum absolute atomic E-state index is 0.594. The second-order valence-electron chi connectivity index (χ2n) is 13.1. The van der Waals surface area contributed by atoms with E-state index in [1.54, 1.807) is 0 Å². The van der Waals surface area contributed by atoms with Crippen LogP contribution in [-0.4, -0.2) is 0 Å². The Morgan fingerprint density at radius 2 is 1.04 bits per heavy atom. The summed E-state index contributed by atoms with van der Waals surface area (Å²) in [5.41, 5.74) is 11.5. The van der Waals surface area contributed by atoms with Crippen molar-refractivity contribution in [2.75, 3.05) is 4.90 Å². The largest absolute Gasteiger partial charge is 0.456 e. The number of hydrogen-bond acceptors (Lipinski definition) is 2. The fourth-order valence-electron chi connectivity index (χ4n) is 8.11. The Morgan fingerprint density at radius 1 is 0.438 bits per heavy atom. The van der Waals surface area contributed by atoms with Crippen molar-refractivity contribution >= 4 is 49.8 Å². The maximum atomic E-state index is 6.46. The minimum Gasteiger partial charge on any atom is -0.456 e. The molecule has 232 valence electrons. The van der Waals surface area contributed by atoms with Crippen molar-refractivity contribution in [3.8, 4) is 22.3 Å². The molecule has 48 heavy (non-hydrogen) atoms. The molecule has 1 saturated carbocycles. The molecule has 0 aliphatic heterocycles. The quantitative estimate of drug-likeness (QED) is 0.184. The molecule has 0 unspecified atom stereocenters. The van der Waals surface area contributed by atoms with Crippen LogP contribution >= 0.6 is 0 Å². The van der Waals surface area contributed by atoms with Gasteiger partial charge >= 0.3 is 0 Å². The molecule has 0 amide bonds. The predicted octanol–water partition coefficient (Wildman–Crippen LogP) is 13.6. The van der Waals surface area contributed by atoms with Gasteiger partial charge in [0.15, 0.2) is 0 Å². The van der Waals surface area contributed by atoms with Gasteiger partial charge in [-0.15, -0.1) is 0 Å². The lowest BCUT2D eigenvalue weighted by atomic mass is 9.80. The van der Waals surface area contributed by atoms with Gasteiger partial charge in [-0.25, -0.2) is 0 Å². The summed E-state index contributed by atoms with van der Waals surface area (Å²) in [5, 5.41) is 4.94. The summed E-state index contributed by atoms with van der Waals surface area (Å²) in [4.78, 5) is 2.48. The number of rotatable bonds is 6. The van der Waals surface area contributed by atoms with Crippen LogP contribution in [0.2, 0.25) is 0 Å². The average molecular weight is 620 g/mol. The first kappa shape index (κ1) is 28.6. The van der Waals surface area contributed by atoms with Crippen LogP contribution in [-0.2, 0) is 0 Å². The predicted molar refractivity (Wildman–Crippen MR) is 203 cm³/mol. The smallest absolute Gasteiger partial charge is 0.137 e. The summed E-state index contributed by atoms with van der Waals surface area (Å²) in [6, 6.07) is 57.2. The highest BCUT2D eigenvalue weighted by atomic mass is 16.3. The fraction of sp³-hybridized carbons (Fsp3) is 0.130. The van der Waals surface area contributed by atoms with E-state index in [9.17, 15) is 0 Å². The fourth-order valence-corrected chi connectivity index (χ4v) is 8.11. The molecule has 0 atom stereocenters. The molecule has 0 bridgehead atoms. The van der Waals surface area contributed by atoms with Gasteiger partial charge in [0.1, 0.15) is 11.2 Å². The normalized spacial score (nSPS) is 13.8. The summed E-state index contributed by atoms with van der Waals surface area (Å²) in [6.45, 7) is 0. The molecule has 0 radical (unpaired) electrons. The molecular formula is C46H37NO. The molecule has 0 spiro atoms. The monoisotopic (exact) mass is 619 g/mol. The van der Waals surface area contributed by atoms with E-state index >= 15 is 0 Å². The van der Waals surface area contributed by atoms with E-state index in [0.29, 0.717) is 5.92 Å². The number of nitrogens with zero attached hydrogens (tertiary/aromatic N) is 1. The van der Waals surface area contributed by atoms with E-state index in [2.05, 4.69) is 157 Å². The molecule has 0 saturated heterocycles. The first-order chi connectivity index (χ1) is 23.8. The van der Waals surface area contributed by atoms with Gasteiger partial charge < -0.3 is 9.32 Å². The standard InChI is InChI=1S/C46H37NO/c1-3-16-32(17-4-1)35-22-7-10-27-40(35)47(42-29-15-31-44-46(42)39-24-9-12-30-43(39)48-44)41-28-11-8-23-37(41)38-26-14-21-34-20-13-25-36(45(34)38)33-18-5-2-6-19-33/h1,3-4,7-17,20-31,33H,2,5-6,18-19H2. The SMILES string of the molecule is c1ccc(-c2ccccc2N(c2ccccc2-c2cccc3cccc(C4CCCCC4)c23)c2cccc3oc4ccccc4c23)cc1. The van der Waals surface area contributed by atoms with Gasteiger partial charge in [-0.3, -0.25) is 0 Å². The first-order valence-electron chi connectivity index (χ1n) is 17.3. The summed E-state index contributed by atoms with van der Waals surface area (Å²) >= 11 is 0. The van der Waals surface area contributed by atoms with Crippen LogP contribution in [0.1, 0.15) is 43.6 Å². The molecule has 1 heterocycles. The lowest BCUT2D eigenvalue weighted by Crippen LogP contribution is -2.13. The second-order valence-corrected chi connectivity index (χ2v) is 13.1. The number of anilines is 3. The zero-order chi connectivity index (χ0) is 31.9. The molecular weight excluding hydrogens is 583 g/mol. The Morgan fingerprint density at radius 3 is 1.88 bits per heavy atom. The van der Waals surface area contributed by atoms with Crippen molar-refractivity contribution in [3.63, 3.8) is 0 Å². The Kier molecular flexibility index (Phi) is 7.28. The Bertz CT molecular complexity index is 2390. The molecule has 0 N–H and O–H groups in total. The first-order valence-corrected chi connectivity index (χ1v) is 17.3. The van der Waals surface area contributed by atoms with Crippen molar-refractivity contribution in [1.29, 1.82) is 0 Å². The molecule has 9 rings (SSSR count). The summed E-state index contributed by atoms with van der Waals surface area (Å²) in [6.07, 6.45) is 6.50. The third kappa shape index (κ3) is 4.88. The van der Waals surface area contributed by atoms with Crippen LogP contribution in [0.4, 0.5) is 17.1 Å². The van der Waals surface area contributed by atoms with Crippen molar-refractivity contribution in [3.05, 3.63) is 163 Å². The van der Waals surface area contributed by atoms with E-state index in [0.717, 1.165) is 39.0 Å². The van der Waals surface area contributed by atoms with E-state index in [1.807, 2.05) is 6.07 Å². The van der Waals surface area contributed by atoms with Crippen molar-refractivity contribution in [1.82, 2.24) is 0 Å². The van der Waals surface area contributed by atoms with Crippen LogP contribution in [0.3, 0.4) is 0 Å². The summed E-state index contributed by atoms with van der Waals surface area (Å²) < 4.78 is 6.46. The van der Waals surface area contributed by atoms with Crippen LogP contribution < -0.4 is 4.90 Å². The molecule has 1 fully saturated rings. The molecule has 7 aromatic carbocycles. The molecule has 2 nitrogen and oxygen atoms in total. The van der Waals surface area contributed by atoms with Gasteiger partial charge in [-0.05, 0) is 76.6 Å². The highest BCUT2D eigenvalue weighted by molar-refractivity contribution is 6.15. The minimum atomic E-state index is 0.594. The van der Waals surface area contributed by atoms with E-state index in [1.165, 1.54) is 70.7 Å². The highest BCUT2D eigenvalue weighted by Gasteiger charge is 2.25. The molecule has 2 heteroatoms. The number of benzene rings is 7. The molecule has 1 aliphatic carbocycles. The van der Waals surface area contributed by atoms with Gasteiger partial charge in [0.05, 0.1) is 22.4 Å². The molecule has 1 aromatic heterocycles. The summed E-state index contributed by atoms with van der Waals surface area (Å²) in [5.74, 6) is 0.594. The van der Waals surface area contributed by atoms with E-state index in [4.69, 9.17) is 4.42 Å². The van der Waals surface area contributed by atoms with Crippen LogP contribution in [0.25, 0.3) is 55.0 Å². The van der Waals surface area contributed by atoms with Crippen LogP contribution in [0.5, 0.6) is 0 Å². The van der Waals surface area contributed by atoms with Crippen molar-refractivity contribution in [2.24, 2.45) is 0 Å². The van der Waals surface area contributed by atoms with Crippen molar-refractivity contribution in [2.45, 2.75) is 38.0 Å². The molecule has 8 aromatic rings. The van der Waals surface area contributed by atoms with Gasteiger partial charge in [0.25, 0.3) is 0 Å². The zero-order valence-corrected chi connectivity index (χ0v) is 27.0. The summed E-state index contributed by atoms with van der Waals surface area (Å²) in [7, 11) is 0. The van der Waals surface area contributed by atoms with Gasteiger partial charge in [-0.1, -0.05) is 147 Å². The van der Waals surface area contributed by atoms with Gasteiger partial charge in [-0.2, -0.15) is 0 Å². The Balaban J connectivity index is 1.36. The lowest BCUT2D eigenvalue weighted by molar-refractivity contribution is 0.445. The van der Waals surface area contributed by atoms with E-state index < -0.39 is 0 Å². The van der Waals surface area contributed by atoms with Gasteiger partial charge in [0, 0.05) is 16.5 Å². The Labute approximate surface area is 281 Å². The number of para-hydroxylation sites is 3. The Hall–Kier alpha value is -5.60. The third-order valence-electron chi connectivity index (χ3n) is 10.3. The topological polar surface area (TPSA) is 16.4 Å².